The monoisotopic (exact) mass is 250 g/mol. The van der Waals surface area contributed by atoms with Gasteiger partial charge in [-0.05, 0) is 24.6 Å². The summed E-state index contributed by atoms with van der Waals surface area (Å²) >= 11 is 0. The largest absolute Gasteiger partial charge is 0.506 e. The molecule has 0 radical (unpaired) electrons. The molecule has 5 heteroatoms. The summed E-state index contributed by atoms with van der Waals surface area (Å²) in [6, 6.07) is 4.34. The summed E-state index contributed by atoms with van der Waals surface area (Å²) in [7, 11) is 0. The van der Waals surface area contributed by atoms with E-state index in [1.165, 1.54) is 12.1 Å². The van der Waals surface area contributed by atoms with Crippen LogP contribution in [0.4, 0.5) is 5.69 Å². The molecule has 1 amide bonds. The van der Waals surface area contributed by atoms with Crippen LogP contribution in [0.5, 0.6) is 5.75 Å². The van der Waals surface area contributed by atoms with Crippen molar-refractivity contribution in [1.82, 2.24) is 5.32 Å². The predicted molar refractivity (Wildman–Crippen MR) is 68.2 cm³/mol. The van der Waals surface area contributed by atoms with Gasteiger partial charge in [0.05, 0.1) is 11.8 Å². The van der Waals surface area contributed by atoms with E-state index in [9.17, 15) is 15.0 Å². The van der Waals surface area contributed by atoms with Crippen molar-refractivity contribution in [2.24, 2.45) is 5.41 Å². The Hall–Kier alpha value is -1.75. The van der Waals surface area contributed by atoms with E-state index in [-0.39, 0.29) is 34.9 Å². The van der Waals surface area contributed by atoms with Crippen LogP contribution in [0.3, 0.4) is 0 Å². The number of phenols is 1. The molecule has 5 nitrogen and oxygen atoms in total. The van der Waals surface area contributed by atoms with Gasteiger partial charge in [0.1, 0.15) is 5.75 Å². The molecule has 1 aromatic carbocycles. The molecule has 1 aliphatic carbocycles. The Bertz CT molecular complexity index is 485. The number of carbonyl (C=O) groups is 1. The number of hydrogen-bond donors (Lipinski definition) is 4. The van der Waals surface area contributed by atoms with Crippen LogP contribution in [0.2, 0.25) is 0 Å². The molecule has 98 valence electrons. The maximum absolute atomic E-state index is 12.0. The van der Waals surface area contributed by atoms with Gasteiger partial charge >= 0.3 is 0 Å². The van der Waals surface area contributed by atoms with Crippen molar-refractivity contribution < 1.29 is 15.0 Å². The van der Waals surface area contributed by atoms with Crippen molar-refractivity contribution in [2.75, 3.05) is 5.73 Å². The summed E-state index contributed by atoms with van der Waals surface area (Å²) in [5.41, 5.74) is 5.76. The molecule has 1 fully saturated rings. The first kappa shape index (κ1) is 12.7. The van der Waals surface area contributed by atoms with E-state index in [0.29, 0.717) is 12.0 Å². The predicted octanol–water partition coefficient (Wildman–Crippen LogP) is 0.864. The normalized spacial score (nSPS) is 25.3. The standard InChI is InChI=1S/C13H18N2O3/c1-13(2)10(6-11(13)17)15-12(18)7-3-4-8(14)9(16)5-7/h3-5,10-11,16-17H,6,14H2,1-2H3,(H,15,18). The molecular weight excluding hydrogens is 232 g/mol. The molecule has 2 unspecified atom stereocenters. The Labute approximate surface area is 106 Å². The lowest BCUT2D eigenvalue weighted by Crippen LogP contribution is -2.61. The molecule has 0 spiro atoms. The molecular formula is C13H18N2O3. The number of carbonyl (C=O) groups excluding carboxylic acids is 1. The highest BCUT2D eigenvalue weighted by atomic mass is 16.3. The van der Waals surface area contributed by atoms with Gasteiger partial charge in [0.15, 0.2) is 0 Å². The Kier molecular flexibility index (Phi) is 2.94. The average molecular weight is 250 g/mol. The zero-order chi connectivity index (χ0) is 13.5. The molecule has 0 saturated heterocycles. The van der Waals surface area contributed by atoms with Gasteiger partial charge in [0.25, 0.3) is 5.91 Å². The van der Waals surface area contributed by atoms with Crippen LogP contribution in [-0.4, -0.2) is 28.3 Å². The maximum Gasteiger partial charge on any atom is 0.251 e. The van der Waals surface area contributed by atoms with E-state index in [2.05, 4.69) is 5.32 Å². The summed E-state index contributed by atoms with van der Waals surface area (Å²) < 4.78 is 0. The van der Waals surface area contributed by atoms with Crippen LogP contribution in [0.15, 0.2) is 18.2 Å². The van der Waals surface area contributed by atoms with Gasteiger partial charge < -0.3 is 21.3 Å². The highest BCUT2D eigenvalue weighted by molar-refractivity contribution is 5.95. The van der Waals surface area contributed by atoms with E-state index in [1.54, 1.807) is 6.07 Å². The summed E-state index contributed by atoms with van der Waals surface area (Å²) in [5, 5.41) is 21.9. The molecule has 1 saturated carbocycles. The van der Waals surface area contributed by atoms with Crippen LogP contribution < -0.4 is 11.1 Å². The first-order chi connectivity index (χ1) is 8.32. The molecule has 2 rings (SSSR count). The number of amides is 1. The van der Waals surface area contributed by atoms with E-state index in [1.807, 2.05) is 13.8 Å². The number of phenolic OH excluding ortho intramolecular Hbond substituents is 1. The molecule has 1 aromatic rings. The lowest BCUT2D eigenvalue weighted by molar-refractivity contribution is -0.0689. The highest BCUT2D eigenvalue weighted by Gasteiger charge is 2.47. The van der Waals surface area contributed by atoms with Crippen LogP contribution in [-0.2, 0) is 0 Å². The average Bonchev–Trinajstić information content (AvgIpc) is 2.32. The second-order valence-corrected chi connectivity index (χ2v) is 5.37. The number of rotatable bonds is 2. The maximum atomic E-state index is 12.0. The Morgan fingerprint density at radius 1 is 1.50 bits per heavy atom. The fourth-order valence-electron chi connectivity index (χ4n) is 2.07. The van der Waals surface area contributed by atoms with Gasteiger partial charge in [-0.1, -0.05) is 13.8 Å². The van der Waals surface area contributed by atoms with Crippen molar-refractivity contribution in [3.63, 3.8) is 0 Å². The number of aliphatic hydroxyl groups is 1. The van der Waals surface area contributed by atoms with E-state index in [4.69, 9.17) is 5.73 Å². The second-order valence-electron chi connectivity index (χ2n) is 5.37. The van der Waals surface area contributed by atoms with Crippen molar-refractivity contribution >= 4 is 11.6 Å². The molecule has 0 bridgehead atoms. The van der Waals surface area contributed by atoms with Gasteiger partial charge in [-0.2, -0.15) is 0 Å². The lowest BCUT2D eigenvalue weighted by atomic mass is 9.64. The number of nitrogens with one attached hydrogen (secondary N) is 1. The summed E-state index contributed by atoms with van der Waals surface area (Å²) in [4.78, 5) is 12.0. The fraction of sp³-hybridized carbons (Fsp3) is 0.462. The Morgan fingerprint density at radius 3 is 2.67 bits per heavy atom. The molecule has 1 aliphatic rings. The minimum atomic E-state index is -0.386. The van der Waals surface area contributed by atoms with Gasteiger partial charge in [-0.25, -0.2) is 0 Å². The van der Waals surface area contributed by atoms with Crippen LogP contribution in [0, 0.1) is 5.41 Å². The van der Waals surface area contributed by atoms with Crippen molar-refractivity contribution in [2.45, 2.75) is 32.4 Å². The third-order valence-electron chi connectivity index (χ3n) is 3.81. The third-order valence-corrected chi connectivity index (χ3v) is 3.81. The summed E-state index contributed by atoms with van der Waals surface area (Å²) in [6.45, 7) is 3.82. The van der Waals surface area contributed by atoms with E-state index < -0.39 is 0 Å². The van der Waals surface area contributed by atoms with Crippen molar-refractivity contribution in [3.05, 3.63) is 23.8 Å². The van der Waals surface area contributed by atoms with Crippen LogP contribution >= 0.6 is 0 Å². The summed E-state index contributed by atoms with van der Waals surface area (Å²) in [6.07, 6.45) is 0.169. The fourth-order valence-corrected chi connectivity index (χ4v) is 2.07. The minimum absolute atomic E-state index is 0.0558. The van der Waals surface area contributed by atoms with Crippen LogP contribution in [0.25, 0.3) is 0 Å². The molecule has 2 atom stereocenters. The van der Waals surface area contributed by atoms with Gasteiger partial charge in [-0.3, -0.25) is 4.79 Å². The number of hydrogen-bond acceptors (Lipinski definition) is 4. The van der Waals surface area contributed by atoms with Crippen LogP contribution in [0.1, 0.15) is 30.6 Å². The van der Waals surface area contributed by atoms with Crippen molar-refractivity contribution in [1.29, 1.82) is 0 Å². The van der Waals surface area contributed by atoms with Gasteiger partial charge in [-0.15, -0.1) is 0 Å². The number of nitrogen functional groups attached to an aromatic ring is 1. The molecule has 0 aromatic heterocycles. The topological polar surface area (TPSA) is 95.6 Å². The first-order valence-electron chi connectivity index (χ1n) is 5.90. The van der Waals surface area contributed by atoms with E-state index >= 15 is 0 Å². The smallest absolute Gasteiger partial charge is 0.251 e. The Morgan fingerprint density at radius 2 is 2.17 bits per heavy atom. The van der Waals surface area contributed by atoms with Gasteiger partial charge in [0, 0.05) is 17.0 Å². The number of anilines is 1. The molecule has 5 N–H and O–H groups in total. The number of benzene rings is 1. The third kappa shape index (κ3) is 2.01. The zero-order valence-corrected chi connectivity index (χ0v) is 10.5. The highest BCUT2D eigenvalue weighted by Crippen LogP contribution is 2.40. The van der Waals surface area contributed by atoms with Crippen molar-refractivity contribution in [3.8, 4) is 5.75 Å². The quantitative estimate of drug-likeness (QED) is 0.462. The van der Waals surface area contributed by atoms with Gasteiger partial charge in [0.2, 0.25) is 0 Å². The minimum Gasteiger partial charge on any atom is -0.506 e. The number of nitrogens with two attached hydrogens (primary N) is 1. The molecule has 18 heavy (non-hydrogen) atoms. The second kappa shape index (κ2) is 4.17. The first-order valence-corrected chi connectivity index (χ1v) is 5.90. The Balaban J connectivity index is 2.07. The molecule has 0 heterocycles. The molecule has 0 aliphatic heterocycles. The summed E-state index contributed by atoms with van der Waals surface area (Å²) in [5.74, 6) is -0.370. The van der Waals surface area contributed by atoms with E-state index in [0.717, 1.165) is 0 Å². The zero-order valence-electron chi connectivity index (χ0n) is 10.5. The number of aromatic hydroxyl groups is 1. The lowest BCUT2D eigenvalue weighted by Gasteiger charge is -2.49. The number of aliphatic hydroxyl groups excluding tert-OH is 1. The SMILES string of the molecule is CC1(C)C(O)CC1NC(=O)c1ccc(N)c(O)c1.